The topological polar surface area (TPSA) is 87.7 Å². The van der Waals surface area contributed by atoms with E-state index in [9.17, 15) is 14.7 Å². The molecule has 1 aromatic rings. The Morgan fingerprint density at radius 3 is 2.30 bits per heavy atom. The third kappa shape index (κ3) is 6.07. The van der Waals surface area contributed by atoms with Crippen LogP contribution >= 0.6 is 11.6 Å². The van der Waals surface area contributed by atoms with Gasteiger partial charge < -0.3 is 20.5 Å². The van der Waals surface area contributed by atoms with Crippen molar-refractivity contribution in [3.63, 3.8) is 0 Å². The number of ether oxygens (including phenoxy) is 1. The fourth-order valence-corrected chi connectivity index (χ4v) is 5.52. The predicted molar refractivity (Wildman–Crippen MR) is 129 cm³/mol. The van der Waals surface area contributed by atoms with Gasteiger partial charge in [0.05, 0.1) is 19.7 Å². The molecule has 2 fully saturated rings. The summed E-state index contributed by atoms with van der Waals surface area (Å²) in [6.45, 7) is 8.29. The molecule has 1 atom stereocenters. The fraction of sp³-hybridized carbons (Fsp3) is 0.680. The molecule has 7 nitrogen and oxygen atoms in total. The zero-order valence-electron chi connectivity index (χ0n) is 20.2. The van der Waals surface area contributed by atoms with Crippen molar-refractivity contribution in [2.24, 2.45) is 0 Å². The second-order valence-corrected chi connectivity index (χ2v) is 10.9. The highest BCUT2D eigenvalue weighted by Gasteiger charge is 2.57. The van der Waals surface area contributed by atoms with Gasteiger partial charge in [-0.2, -0.15) is 0 Å². The number of quaternary nitrogens is 1. The van der Waals surface area contributed by atoms with E-state index in [1.165, 1.54) is 0 Å². The van der Waals surface area contributed by atoms with Gasteiger partial charge in [0.15, 0.2) is 6.04 Å². The second kappa shape index (κ2) is 10.7. The Bertz CT molecular complexity index is 810. The number of likely N-dealkylation sites (tertiary alicyclic amines) is 1. The molecule has 33 heavy (non-hydrogen) atoms. The van der Waals surface area contributed by atoms with E-state index in [0.717, 1.165) is 50.8 Å². The van der Waals surface area contributed by atoms with Crippen LogP contribution in [0.4, 0.5) is 4.79 Å². The number of carbonyl (C=O) groups is 2. The Morgan fingerprint density at radius 2 is 1.76 bits per heavy atom. The summed E-state index contributed by atoms with van der Waals surface area (Å²) >= 11 is 6.06. The lowest BCUT2D eigenvalue weighted by molar-refractivity contribution is -0.914. The zero-order valence-corrected chi connectivity index (χ0v) is 20.9. The molecule has 3 rings (SSSR count). The maximum Gasteiger partial charge on any atom is 0.408 e. The first-order valence-corrected chi connectivity index (χ1v) is 12.5. The molecule has 0 saturated carbocycles. The van der Waals surface area contributed by atoms with Crippen molar-refractivity contribution in [1.29, 1.82) is 0 Å². The van der Waals surface area contributed by atoms with Crippen LogP contribution in [0.15, 0.2) is 24.3 Å². The van der Waals surface area contributed by atoms with E-state index in [0.29, 0.717) is 24.5 Å². The molecule has 8 heteroatoms. The summed E-state index contributed by atoms with van der Waals surface area (Å²) in [4.78, 5) is 27.2. The zero-order chi connectivity index (χ0) is 24.1. The molecular formula is C25H39ClN3O4+. The predicted octanol–water partition coefficient (Wildman–Crippen LogP) is 3.42. The van der Waals surface area contributed by atoms with Crippen LogP contribution in [0.3, 0.4) is 0 Å². The normalized spacial score (nSPS) is 21.1. The summed E-state index contributed by atoms with van der Waals surface area (Å²) in [5.74, 6) is -0.0357. The van der Waals surface area contributed by atoms with E-state index in [1.54, 1.807) is 32.9 Å². The molecule has 0 aromatic heterocycles. The van der Waals surface area contributed by atoms with Crippen molar-refractivity contribution >= 4 is 23.6 Å². The Morgan fingerprint density at radius 1 is 1.15 bits per heavy atom. The van der Waals surface area contributed by atoms with E-state index >= 15 is 0 Å². The Hall–Kier alpha value is -1.67. The molecule has 0 radical (unpaired) electrons. The summed E-state index contributed by atoms with van der Waals surface area (Å²) in [5.41, 5.74) is -0.292. The number of hydrogen-bond donors (Lipinski definition) is 3. The minimum atomic E-state index is -0.766. The van der Waals surface area contributed by atoms with Crippen LogP contribution in [-0.2, 0) is 16.0 Å². The van der Waals surface area contributed by atoms with E-state index in [1.807, 2.05) is 12.1 Å². The fourth-order valence-electron chi connectivity index (χ4n) is 5.40. The Labute approximate surface area is 202 Å². The van der Waals surface area contributed by atoms with Crippen molar-refractivity contribution in [2.75, 3.05) is 32.8 Å². The highest BCUT2D eigenvalue weighted by molar-refractivity contribution is 6.30. The van der Waals surface area contributed by atoms with Crippen LogP contribution < -0.4 is 10.6 Å². The smallest absolute Gasteiger partial charge is 0.408 e. The van der Waals surface area contributed by atoms with Gasteiger partial charge in [0, 0.05) is 37.4 Å². The summed E-state index contributed by atoms with van der Waals surface area (Å²) in [6, 6.07) is 6.58. The molecule has 0 bridgehead atoms. The third-order valence-corrected chi connectivity index (χ3v) is 7.33. The van der Waals surface area contributed by atoms with Crippen molar-refractivity contribution < 1.29 is 23.9 Å². The molecule has 2 heterocycles. The van der Waals surface area contributed by atoms with Gasteiger partial charge in [-0.05, 0) is 57.7 Å². The van der Waals surface area contributed by atoms with Gasteiger partial charge in [0.25, 0.3) is 0 Å². The summed E-state index contributed by atoms with van der Waals surface area (Å²) in [7, 11) is 0. The molecule has 0 aliphatic carbocycles. The van der Waals surface area contributed by atoms with Crippen LogP contribution in [0.5, 0.6) is 0 Å². The molecule has 0 spiro atoms. The number of halogens is 1. The number of nitrogens with zero attached hydrogens (tertiary/aromatic N) is 1. The van der Waals surface area contributed by atoms with Crippen molar-refractivity contribution in [2.45, 2.75) is 76.5 Å². The number of alkyl carbamates (subject to hydrolysis) is 1. The number of rotatable bonds is 6. The van der Waals surface area contributed by atoms with Gasteiger partial charge in [-0.15, -0.1) is 0 Å². The van der Waals surface area contributed by atoms with E-state index < -0.39 is 23.3 Å². The lowest BCUT2D eigenvalue weighted by Crippen LogP contribution is -2.75. The van der Waals surface area contributed by atoms with Gasteiger partial charge in [-0.3, -0.25) is 4.48 Å². The summed E-state index contributed by atoms with van der Waals surface area (Å²) < 4.78 is 5.72. The van der Waals surface area contributed by atoms with Gasteiger partial charge in [0.2, 0.25) is 0 Å². The van der Waals surface area contributed by atoms with Crippen LogP contribution in [0, 0.1) is 0 Å². The maximum absolute atomic E-state index is 14.4. The van der Waals surface area contributed by atoms with Crippen LogP contribution in [0.1, 0.15) is 58.4 Å². The van der Waals surface area contributed by atoms with Crippen molar-refractivity contribution in [1.82, 2.24) is 10.6 Å². The number of aliphatic hydroxyl groups is 1. The van der Waals surface area contributed by atoms with E-state index in [4.69, 9.17) is 16.3 Å². The molecule has 184 valence electrons. The molecule has 2 aliphatic rings. The molecular weight excluding hydrogens is 442 g/mol. The van der Waals surface area contributed by atoms with E-state index in [-0.39, 0.29) is 17.0 Å². The number of benzene rings is 1. The SMILES string of the molecule is CC(C)(C)OC(=O)N[C@H](Cc1ccc(Cl)cc1)C(=O)[N+]1(C2(CO)CCNCC2)CCCCC1. The molecule has 2 amide bonds. The number of aliphatic hydroxyl groups excluding tert-OH is 1. The molecule has 2 saturated heterocycles. The quantitative estimate of drug-likeness (QED) is 0.543. The largest absolute Gasteiger partial charge is 0.444 e. The molecule has 1 aromatic carbocycles. The van der Waals surface area contributed by atoms with Crippen LogP contribution in [0.2, 0.25) is 5.02 Å². The first-order valence-electron chi connectivity index (χ1n) is 12.1. The monoisotopic (exact) mass is 480 g/mol. The summed E-state index contributed by atoms with van der Waals surface area (Å²) in [6.07, 6.45) is 4.14. The average Bonchev–Trinajstić information content (AvgIpc) is 2.79. The highest BCUT2D eigenvalue weighted by Crippen LogP contribution is 2.38. The lowest BCUT2D eigenvalue weighted by Gasteiger charge is -2.54. The number of hydrogen-bond acceptors (Lipinski definition) is 5. The van der Waals surface area contributed by atoms with Crippen LogP contribution in [0.25, 0.3) is 0 Å². The van der Waals surface area contributed by atoms with E-state index in [2.05, 4.69) is 10.6 Å². The maximum atomic E-state index is 14.4. The Kier molecular flexibility index (Phi) is 8.43. The van der Waals surface area contributed by atoms with Gasteiger partial charge in [0.1, 0.15) is 11.1 Å². The number of piperidine rings is 2. The first-order chi connectivity index (χ1) is 15.6. The second-order valence-electron chi connectivity index (χ2n) is 10.5. The molecule has 3 N–H and O–H groups in total. The van der Waals surface area contributed by atoms with Crippen LogP contribution in [-0.4, -0.2) is 71.6 Å². The highest BCUT2D eigenvalue weighted by atomic mass is 35.5. The minimum absolute atomic E-state index is 0.0357. The Balaban J connectivity index is 1.96. The lowest BCUT2D eigenvalue weighted by atomic mass is 9.81. The number of amides is 2. The average molecular weight is 481 g/mol. The molecule has 2 aliphatic heterocycles. The molecule has 0 unspecified atom stereocenters. The third-order valence-electron chi connectivity index (χ3n) is 7.08. The minimum Gasteiger partial charge on any atom is -0.444 e. The standard InChI is InChI=1S/C25H38ClN3O4/c1-24(2,3)33-23(32)28-21(17-19-7-9-20(26)10-8-19)22(31)29(15-5-4-6-16-29)25(18-30)11-13-27-14-12-25/h7-10,21,27,30H,4-6,11-18H2,1-3H3/p+1/t21-/m1/s1. The van der Waals surface area contributed by atoms with Gasteiger partial charge in [-0.25, -0.2) is 9.59 Å². The van der Waals surface area contributed by atoms with Crippen molar-refractivity contribution in [3.8, 4) is 0 Å². The van der Waals surface area contributed by atoms with Crippen molar-refractivity contribution in [3.05, 3.63) is 34.9 Å². The number of carbonyl (C=O) groups excluding carboxylic acids is 2. The van der Waals surface area contributed by atoms with Gasteiger partial charge in [-0.1, -0.05) is 23.7 Å². The first kappa shape index (κ1) is 25.9. The van der Waals surface area contributed by atoms with Gasteiger partial charge >= 0.3 is 12.0 Å². The number of nitrogens with one attached hydrogen (secondary N) is 2. The summed E-state index contributed by atoms with van der Waals surface area (Å²) in [5, 5.41) is 17.5.